The minimum atomic E-state index is -0.871. The third-order valence-electron chi connectivity index (χ3n) is 12.4. The summed E-state index contributed by atoms with van der Waals surface area (Å²) in [5.74, 6) is 2.98. The van der Waals surface area contributed by atoms with Crippen LogP contribution >= 0.6 is 11.3 Å². The quantitative estimate of drug-likeness (QED) is 0.313. The molecule has 0 aromatic carbocycles. The van der Waals surface area contributed by atoms with Gasteiger partial charge in [-0.1, -0.05) is 5.16 Å². The van der Waals surface area contributed by atoms with Crippen molar-refractivity contribution < 1.29 is 19.1 Å². The van der Waals surface area contributed by atoms with Gasteiger partial charge in [-0.2, -0.15) is 5.26 Å². The van der Waals surface area contributed by atoms with Crippen LogP contribution in [0.5, 0.6) is 5.88 Å². The fourth-order valence-electron chi connectivity index (χ4n) is 10.2. The minimum Gasteiger partial charge on any atom is -0.474 e. The van der Waals surface area contributed by atoms with Crippen molar-refractivity contribution in [1.29, 1.82) is 5.26 Å². The highest BCUT2D eigenvalue weighted by Gasteiger charge is 2.50. The normalized spacial score (nSPS) is 32.2. The number of hydrogen-bond acceptors (Lipinski definition) is 13. The number of hydrogen-bond donors (Lipinski definition) is 2. The second-order valence-corrected chi connectivity index (χ2v) is 16.6. The monoisotopic (exact) mass is 683 g/mol. The van der Waals surface area contributed by atoms with Crippen LogP contribution in [0.1, 0.15) is 85.2 Å². The number of anilines is 2. The minimum absolute atomic E-state index is 0.0424. The van der Waals surface area contributed by atoms with E-state index in [1.54, 1.807) is 11.3 Å². The maximum Gasteiger partial charge on any atom is 0.246 e. The van der Waals surface area contributed by atoms with Crippen LogP contribution in [0.25, 0.3) is 22.6 Å². The first-order valence-corrected chi connectivity index (χ1v) is 18.6. The van der Waals surface area contributed by atoms with Gasteiger partial charge in [-0.3, -0.25) is 0 Å². The SMILES string of the molecule is CN1CC[C@@H]2COC[C@H](n3nc4c5c(nc(-c6noc7c6CCC[C@@]76CCCc7sc(N)c(C#N)c76)nc53)N3C[C@](C)(O)CC[C@@H]3CO4)[C@H]21. The largest absolute Gasteiger partial charge is 0.474 e. The smallest absolute Gasteiger partial charge is 0.246 e. The predicted octanol–water partition coefficient (Wildman–Crippen LogP) is 3.96. The van der Waals surface area contributed by atoms with E-state index in [1.807, 2.05) is 11.6 Å². The van der Waals surface area contributed by atoms with Crippen molar-refractivity contribution in [2.45, 2.75) is 93.9 Å². The molecular weight excluding hydrogens is 643 g/mol. The summed E-state index contributed by atoms with van der Waals surface area (Å²) in [5.41, 5.74) is 9.06. The standard InChI is InChI=1S/C35H41N9O4S/c1-34(45)11-7-19-15-47-33-24-31(43(19)17-34)38-30(39-32(24)44(40-33)22-16-46-14-18-8-12-42(2)27(18)22)26-20-5-3-9-35(28(20)48-41-26)10-4-6-23-25(35)21(13-36)29(37)49-23/h18-19,22,27,45H,3-12,14-17,37H2,1-2H3/t18-,19-,22+,27+,34-,35+/m1/s1. The highest BCUT2D eigenvalue weighted by atomic mass is 32.1. The lowest BCUT2D eigenvalue weighted by Gasteiger charge is -2.42. The van der Waals surface area contributed by atoms with Gasteiger partial charge in [0.05, 0.1) is 41.9 Å². The van der Waals surface area contributed by atoms with Crippen molar-refractivity contribution in [3.05, 3.63) is 27.3 Å². The highest BCUT2D eigenvalue weighted by molar-refractivity contribution is 7.16. The van der Waals surface area contributed by atoms with Gasteiger partial charge in [-0.05, 0) is 83.9 Å². The van der Waals surface area contributed by atoms with Gasteiger partial charge >= 0.3 is 0 Å². The van der Waals surface area contributed by atoms with Gasteiger partial charge < -0.3 is 34.6 Å². The lowest BCUT2D eigenvalue weighted by Crippen LogP contribution is -2.53. The second-order valence-electron chi connectivity index (χ2n) is 15.5. The van der Waals surface area contributed by atoms with E-state index in [4.69, 9.17) is 40.0 Å². The lowest BCUT2D eigenvalue weighted by molar-refractivity contribution is -0.0154. The highest BCUT2D eigenvalue weighted by Crippen LogP contribution is 2.55. The topological polar surface area (TPSA) is 165 Å². The van der Waals surface area contributed by atoms with Crippen molar-refractivity contribution in [3.8, 4) is 23.5 Å². The van der Waals surface area contributed by atoms with Crippen LogP contribution in [0.2, 0.25) is 0 Å². The van der Waals surface area contributed by atoms with Crippen molar-refractivity contribution in [2.75, 3.05) is 50.6 Å². The molecule has 0 bridgehead atoms. The first-order valence-electron chi connectivity index (χ1n) is 17.8. The average Bonchev–Trinajstić information content (AvgIpc) is 3.85. The van der Waals surface area contributed by atoms with Crippen LogP contribution in [0.3, 0.4) is 0 Å². The summed E-state index contributed by atoms with van der Waals surface area (Å²) >= 11 is 1.54. The molecule has 256 valence electrons. The summed E-state index contributed by atoms with van der Waals surface area (Å²) in [6.45, 7) is 5.08. The van der Waals surface area contributed by atoms with Crippen LogP contribution in [0, 0.1) is 17.2 Å². The number of likely N-dealkylation sites (N-methyl/N-ethyl adjacent to an activating group) is 1. The fourth-order valence-corrected chi connectivity index (χ4v) is 11.3. The summed E-state index contributed by atoms with van der Waals surface area (Å²) < 4.78 is 21.1. The predicted molar refractivity (Wildman–Crippen MR) is 182 cm³/mol. The zero-order valence-corrected chi connectivity index (χ0v) is 28.8. The number of piperidine rings is 1. The van der Waals surface area contributed by atoms with Crippen molar-refractivity contribution >= 4 is 33.2 Å². The van der Waals surface area contributed by atoms with E-state index in [9.17, 15) is 10.4 Å². The van der Waals surface area contributed by atoms with Crippen LogP contribution in [-0.4, -0.2) is 92.6 Å². The summed E-state index contributed by atoms with van der Waals surface area (Å²) in [6.07, 6.45) is 7.95. The van der Waals surface area contributed by atoms with E-state index < -0.39 is 11.0 Å². The molecular formula is C35H41N9O4S. The Balaban J connectivity index is 1.18. The number of nitriles is 1. The molecule has 14 heteroatoms. The van der Waals surface area contributed by atoms with Gasteiger partial charge in [-0.15, -0.1) is 16.4 Å². The molecule has 8 heterocycles. The zero-order valence-electron chi connectivity index (χ0n) is 27.9. The number of aliphatic hydroxyl groups is 1. The van der Waals surface area contributed by atoms with Crippen LogP contribution < -0.4 is 15.4 Å². The fraction of sp³-hybridized carbons (Fsp3) is 0.629. The number of thiophene rings is 1. The van der Waals surface area contributed by atoms with E-state index in [0.29, 0.717) is 65.7 Å². The molecule has 3 saturated heterocycles. The Bertz CT molecular complexity index is 2040. The van der Waals surface area contributed by atoms with E-state index in [-0.39, 0.29) is 18.1 Å². The number of rotatable bonds is 2. The molecule has 3 N–H and O–H groups in total. The first kappa shape index (κ1) is 30.1. The molecule has 0 unspecified atom stereocenters. The molecule has 49 heavy (non-hydrogen) atoms. The Labute approximate surface area is 288 Å². The molecule has 0 saturated carbocycles. The number of nitrogen functional groups attached to an aromatic ring is 1. The zero-order chi connectivity index (χ0) is 33.2. The van der Waals surface area contributed by atoms with E-state index in [0.717, 1.165) is 92.6 Å². The van der Waals surface area contributed by atoms with Gasteiger partial charge in [-0.25, -0.2) is 14.6 Å². The second kappa shape index (κ2) is 10.6. The third kappa shape index (κ3) is 4.25. The molecule has 6 aliphatic rings. The number of aromatic nitrogens is 5. The van der Waals surface area contributed by atoms with Gasteiger partial charge in [0.1, 0.15) is 28.9 Å². The van der Waals surface area contributed by atoms with E-state index in [2.05, 4.69) is 22.9 Å². The molecule has 0 radical (unpaired) electrons. The molecule has 2 aliphatic carbocycles. The Morgan fingerprint density at radius 2 is 1.96 bits per heavy atom. The Morgan fingerprint density at radius 1 is 1.10 bits per heavy atom. The van der Waals surface area contributed by atoms with Gasteiger partial charge in [0.25, 0.3) is 0 Å². The number of ether oxygens (including phenoxy) is 2. The van der Waals surface area contributed by atoms with Crippen LogP contribution in [0.4, 0.5) is 10.8 Å². The number of nitrogens with zero attached hydrogens (tertiary/aromatic N) is 8. The molecule has 4 aliphatic heterocycles. The van der Waals surface area contributed by atoms with Crippen LogP contribution in [-0.2, 0) is 23.0 Å². The Morgan fingerprint density at radius 3 is 2.82 bits per heavy atom. The Kier molecular flexibility index (Phi) is 6.52. The maximum absolute atomic E-state index is 11.3. The maximum atomic E-state index is 11.3. The average molecular weight is 684 g/mol. The van der Waals surface area contributed by atoms with Crippen LogP contribution in [0.15, 0.2) is 4.52 Å². The molecule has 4 aromatic rings. The van der Waals surface area contributed by atoms with Gasteiger partial charge in [0.2, 0.25) is 5.88 Å². The van der Waals surface area contributed by atoms with E-state index in [1.165, 1.54) is 4.88 Å². The molecule has 0 amide bonds. The summed E-state index contributed by atoms with van der Waals surface area (Å²) in [7, 11) is 2.19. The number of nitrogens with two attached hydrogens (primary N) is 1. The molecule has 10 rings (SSSR count). The summed E-state index contributed by atoms with van der Waals surface area (Å²) in [4.78, 5) is 16.4. The summed E-state index contributed by atoms with van der Waals surface area (Å²) in [5, 5.41) is 32.7. The van der Waals surface area contributed by atoms with Crippen molar-refractivity contribution in [2.24, 2.45) is 5.92 Å². The lowest BCUT2D eigenvalue weighted by atomic mass is 9.63. The van der Waals surface area contributed by atoms with E-state index >= 15 is 0 Å². The van der Waals surface area contributed by atoms with Crippen molar-refractivity contribution in [3.63, 3.8) is 0 Å². The third-order valence-corrected chi connectivity index (χ3v) is 13.5. The number of fused-ring (bicyclic) bond motifs is 7. The number of likely N-dealkylation sites (tertiary alicyclic amines) is 1. The molecule has 4 aromatic heterocycles. The number of aryl methyl sites for hydroxylation is 1. The van der Waals surface area contributed by atoms with Gasteiger partial charge in [0, 0.05) is 28.9 Å². The molecule has 13 nitrogen and oxygen atoms in total. The summed E-state index contributed by atoms with van der Waals surface area (Å²) in [6, 6.07) is 2.68. The Hall–Kier alpha value is -3.77. The molecule has 3 fully saturated rings. The molecule has 1 spiro atoms. The first-order chi connectivity index (χ1) is 23.8. The van der Waals surface area contributed by atoms with Gasteiger partial charge in [0.15, 0.2) is 22.9 Å². The molecule has 6 atom stereocenters. The van der Waals surface area contributed by atoms with Crippen molar-refractivity contribution in [1.82, 2.24) is 29.8 Å².